The van der Waals surface area contributed by atoms with E-state index in [1.54, 1.807) is 0 Å². The molecule has 0 saturated carbocycles. The average Bonchev–Trinajstić information content (AvgIpc) is 1.77. The van der Waals surface area contributed by atoms with Gasteiger partial charge < -0.3 is 0 Å². The molecule has 0 spiro atoms. The highest BCUT2D eigenvalue weighted by molar-refractivity contribution is 8.00. The van der Waals surface area contributed by atoms with Gasteiger partial charge in [0.05, 0.1) is 15.8 Å². The Morgan fingerprint density at radius 3 is 2.62 bits per heavy atom. The zero-order valence-corrected chi connectivity index (χ0v) is 5.46. The smallest absolute Gasteiger partial charge is 0.0951 e. The van der Waals surface area contributed by atoms with Crippen LogP contribution in [0, 0.1) is 5.41 Å². The van der Waals surface area contributed by atoms with Crippen LogP contribution in [0.15, 0.2) is 0 Å². The van der Waals surface area contributed by atoms with Gasteiger partial charge in [-0.1, -0.05) is 0 Å². The monoisotopic (exact) mass is 131 g/mol. The van der Waals surface area contributed by atoms with Crippen LogP contribution in [-0.2, 0) is 10.8 Å². The zero-order chi connectivity index (χ0) is 5.98. The zero-order valence-electron chi connectivity index (χ0n) is 4.64. The first-order valence-corrected chi connectivity index (χ1v) is 4.08. The third kappa shape index (κ3) is 1.15. The van der Waals surface area contributed by atoms with Gasteiger partial charge in [0.2, 0.25) is 0 Å². The van der Waals surface area contributed by atoms with Crippen molar-refractivity contribution >= 4 is 15.8 Å². The minimum Gasteiger partial charge on any atom is -0.296 e. The molecule has 1 fully saturated rings. The summed E-state index contributed by atoms with van der Waals surface area (Å²) in [5, 5.41) is 7.54. The van der Waals surface area contributed by atoms with Crippen LogP contribution in [0.5, 0.6) is 0 Å². The summed E-state index contributed by atoms with van der Waals surface area (Å²) in [7, 11) is -0.902. The van der Waals surface area contributed by atoms with Crippen LogP contribution in [-0.4, -0.2) is 15.0 Å². The quantitative estimate of drug-likeness (QED) is 0.521. The van der Waals surface area contributed by atoms with Gasteiger partial charge in [-0.3, -0.25) is 9.62 Å². The molecule has 8 heavy (non-hydrogen) atoms. The van der Waals surface area contributed by atoms with E-state index < -0.39 is 10.8 Å². The fraction of sp³-hybridized carbons (Fsp3) is 0.800. The summed E-state index contributed by atoms with van der Waals surface area (Å²) in [5.74, 6) is 0.721. The van der Waals surface area contributed by atoms with Crippen LogP contribution >= 0.6 is 0 Å². The molecule has 0 radical (unpaired) electrons. The van der Waals surface area contributed by atoms with Crippen molar-refractivity contribution < 1.29 is 4.21 Å². The fourth-order valence-corrected chi connectivity index (χ4v) is 1.84. The van der Waals surface area contributed by atoms with Gasteiger partial charge in [-0.15, -0.1) is 0 Å². The van der Waals surface area contributed by atoms with Crippen molar-refractivity contribution in [1.82, 2.24) is 0 Å². The van der Waals surface area contributed by atoms with Crippen LogP contribution in [0.3, 0.4) is 0 Å². The van der Waals surface area contributed by atoms with Crippen molar-refractivity contribution in [2.24, 2.45) is 0 Å². The topological polar surface area (TPSA) is 40.9 Å². The van der Waals surface area contributed by atoms with Gasteiger partial charge in [0.25, 0.3) is 0 Å². The van der Waals surface area contributed by atoms with E-state index >= 15 is 0 Å². The molecule has 1 atom stereocenters. The molecular weight excluding hydrogens is 122 g/mol. The van der Waals surface area contributed by atoms with Gasteiger partial charge in [-0.25, -0.2) is 0 Å². The summed E-state index contributed by atoms with van der Waals surface area (Å²) in [6, 6.07) is 0. The molecule has 0 aromatic rings. The van der Waals surface area contributed by atoms with E-state index in [4.69, 9.17) is 5.41 Å². The lowest BCUT2D eigenvalue weighted by atomic mass is 10.3. The van der Waals surface area contributed by atoms with E-state index in [-0.39, 0.29) is 0 Å². The van der Waals surface area contributed by atoms with Gasteiger partial charge in [-0.05, 0) is 19.3 Å². The van der Waals surface area contributed by atoms with Crippen LogP contribution in [0.4, 0.5) is 0 Å². The molecule has 1 N–H and O–H groups in total. The van der Waals surface area contributed by atoms with E-state index in [1.807, 2.05) is 0 Å². The highest BCUT2D eigenvalue weighted by Crippen LogP contribution is 2.08. The van der Waals surface area contributed by atoms with Gasteiger partial charge in [0, 0.05) is 5.75 Å². The summed E-state index contributed by atoms with van der Waals surface area (Å²) in [6.45, 7) is 0. The Morgan fingerprint density at radius 2 is 2.25 bits per heavy atom. The Bertz CT molecular complexity index is 116. The first kappa shape index (κ1) is 5.95. The largest absolute Gasteiger partial charge is 0.296 e. The molecule has 1 aliphatic heterocycles. The molecule has 1 rings (SSSR count). The summed E-state index contributed by atoms with van der Waals surface area (Å²) in [6.07, 6.45) is 2.85. The molecule has 1 unspecified atom stereocenters. The lowest BCUT2D eigenvalue weighted by Gasteiger charge is -2.08. The van der Waals surface area contributed by atoms with Crippen LogP contribution in [0.1, 0.15) is 19.3 Å². The minimum absolute atomic E-state index is 0.441. The number of nitrogens with one attached hydrogen (secondary N) is 1. The minimum atomic E-state index is -0.902. The normalized spacial score (nSPS) is 30.5. The van der Waals surface area contributed by atoms with Crippen molar-refractivity contribution in [1.29, 1.82) is 5.41 Å². The highest BCUT2D eigenvalue weighted by Gasteiger charge is 2.11. The van der Waals surface area contributed by atoms with Crippen molar-refractivity contribution in [2.45, 2.75) is 19.3 Å². The summed E-state index contributed by atoms with van der Waals surface area (Å²) >= 11 is 0. The molecule has 0 amide bonds. The molecule has 0 aromatic heterocycles. The summed E-state index contributed by atoms with van der Waals surface area (Å²) < 4.78 is 10.7. The molecule has 3 heteroatoms. The lowest BCUT2D eigenvalue weighted by Crippen LogP contribution is -2.14. The van der Waals surface area contributed by atoms with Gasteiger partial charge in [0.1, 0.15) is 0 Å². The molecule has 0 aromatic carbocycles. The Hall–Kier alpha value is -0.180. The molecule has 1 aliphatic rings. The van der Waals surface area contributed by atoms with Crippen molar-refractivity contribution in [3.63, 3.8) is 0 Å². The average molecular weight is 131 g/mol. The van der Waals surface area contributed by atoms with Crippen LogP contribution in [0.2, 0.25) is 0 Å². The molecule has 1 heterocycles. The summed E-state index contributed by atoms with van der Waals surface area (Å²) in [5.41, 5.74) is 0. The second-order valence-electron chi connectivity index (χ2n) is 1.93. The Balaban J connectivity index is 2.52. The maximum absolute atomic E-state index is 10.7. The van der Waals surface area contributed by atoms with E-state index in [1.165, 1.54) is 0 Å². The molecule has 1 saturated heterocycles. The van der Waals surface area contributed by atoms with Crippen molar-refractivity contribution in [3.8, 4) is 0 Å². The molecule has 2 nitrogen and oxygen atoms in total. The first-order chi connectivity index (χ1) is 3.80. The third-order valence-corrected chi connectivity index (χ3v) is 2.67. The fourth-order valence-electron chi connectivity index (χ4n) is 0.756. The molecule has 0 aliphatic carbocycles. The van der Waals surface area contributed by atoms with E-state index in [0.717, 1.165) is 25.0 Å². The molecule has 46 valence electrons. The Kier molecular flexibility index (Phi) is 1.78. The Morgan fingerprint density at radius 1 is 1.50 bits per heavy atom. The van der Waals surface area contributed by atoms with Crippen molar-refractivity contribution in [2.75, 3.05) is 5.75 Å². The maximum Gasteiger partial charge on any atom is 0.0951 e. The molecule has 0 bridgehead atoms. The van der Waals surface area contributed by atoms with E-state index in [2.05, 4.69) is 0 Å². The van der Waals surface area contributed by atoms with Gasteiger partial charge in [0.15, 0.2) is 0 Å². The number of hydrogen-bond acceptors (Lipinski definition) is 2. The predicted octanol–water partition coefficient (Wildman–Crippen LogP) is 0.896. The number of hydrogen-bond donors (Lipinski definition) is 1. The van der Waals surface area contributed by atoms with Crippen LogP contribution < -0.4 is 0 Å². The second-order valence-corrected chi connectivity index (χ2v) is 3.52. The number of rotatable bonds is 0. The van der Waals surface area contributed by atoms with Crippen molar-refractivity contribution in [3.05, 3.63) is 0 Å². The lowest BCUT2D eigenvalue weighted by molar-refractivity contribution is 0.680. The predicted molar refractivity (Wildman–Crippen MR) is 34.6 cm³/mol. The van der Waals surface area contributed by atoms with Gasteiger partial charge >= 0.3 is 0 Å². The summed E-state index contributed by atoms with van der Waals surface area (Å²) in [4.78, 5) is 0. The molecular formula is C5H9NOS. The van der Waals surface area contributed by atoms with E-state index in [9.17, 15) is 4.21 Å². The second kappa shape index (κ2) is 2.40. The van der Waals surface area contributed by atoms with E-state index in [0.29, 0.717) is 5.04 Å². The standard InChI is InChI=1S/C5H9NOS/c6-5-3-1-2-4-8(5)7/h6H,1-4H2. The SMILES string of the molecule is N=C1CCCCS1=O. The highest BCUT2D eigenvalue weighted by atomic mass is 32.2. The third-order valence-electron chi connectivity index (χ3n) is 1.26. The van der Waals surface area contributed by atoms with Crippen LogP contribution in [0.25, 0.3) is 0 Å². The first-order valence-electron chi connectivity index (χ1n) is 2.76. The van der Waals surface area contributed by atoms with Gasteiger partial charge in [-0.2, -0.15) is 0 Å². The Labute approximate surface area is 51.3 Å². The maximum atomic E-state index is 10.7.